The Balaban J connectivity index is 2.25. The van der Waals surface area contributed by atoms with E-state index in [4.69, 9.17) is 0 Å². The zero-order chi connectivity index (χ0) is 12.4. The summed E-state index contributed by atoms with van der Waals surface area (Å²) in [7, 11) is 1.70. The van der Waals surface area contributed by atoms with E-state index >= 15 is 0 Å². The van der Waals surface area contributed by atoms with Crippen molar-refractivity contribution < 1.29 is 9.18 Å². The van der Waals surface area contributed by atoms with Crippen LogP contribution in [0.25, 0.3) is 0 Å². The van der Waals surface area contributed by atoms with Crippen molar-refractivity contribution in [1.82, 2.24) is 9.78 Å². The molecule has 0 aliphatic heterocycles. The van der Waals surface area contributed by atoms with Crippen LogP contribution in [-0.2, 0) is 13.5 Å². The summed E-state index contributed by atoms with van der Waals surface area (Å²) in [5.41, 5.74) is 1.15. The zero-order valence-electron chi connectivity index (χ0n) is 9.15. The summed E-state index contributed by atoms with van der Waals surface area (Å²) in [4.78, 5) is 12.0. The highest BCUT2D eigenvalue weighted by Gasteiger charge is 2.13. The molecule has 0 amide bonds. The Morgan fingerprint density at radius 1 is 1.47 bits per heavy atom. The Morgan fingerprint density at radius 2 is 2.24 bits per heavy atom. The van der Waals surface area contributed by atoms with Gasteiger partial charge in [-0.15, -0.1) is 0 Å². The second kappa shape index (κ2) is 4.79. The third kappa shape index (κ3) is 2.44. The largest absolute Gasteiger partial charge is 0.292 e. The first-order valence-corrected chi connectivity index (χ1v) is 5.83. The van der Waals surface area contributed by atoms with Crippen LogP contribution in [-0.4, -0.2) is 15.6 Å². The van der Waals surface area contributed by atoms with E-state index in [-0.39, 0.29) is 18.0 Å². The molecule has 0 fully saturated rings. The number of ketones is 1. The van der Waals surface area contributed by atoms with E-state index in [1.807, 2.05) is 0 Å². The van der Waals surface area contributed by atoms with Crippen LogP contribution in [0.2, 0.25) is 0 Å². The fraction of sp³-hybridized carbons (Fsp3) is 0.167. The van der Waals surface area contributed by atoms with Gasteiger partial charge in [0.05, 0.1) is 4.47 Å². The molecule has 0 aliphatic rings. The van der Waals surface area contributed by atoms with Crippen molar-refractivity contribution in [3.63, 3.8) is 0 Å². The Kier molecular flexibility index (Phi) is 3.38. The summed E-state index contributed by atoms with van der Waals surface area (Å²) in [6.07, 6.45) is 1.71. The maximum Gasteiger partial charge on any atom is 0.185 e. The third-order valence-electron chi connectivity index (χ3n) is 2.49. The van der Waals surface area contributed by atoms with Crippen LogP contribution in [0.15, 0.2) is 34.9 Å². The van der Waals surface area contributed by atoms with E-state index < -0.39 is 0 Å². The average molecular weight is 297 g/mol. The molecule has 1 aromatic carbocycles. The first-order valence-electron chi connectivity index (χ1n) is 5.03. The van der Waals surface area contributed by atoms with Crippen molar-refractivity contribution >= 4 is 21.7 Å². The van der Waals surface area contributed by atoms with Crippen molar-refractivity contribution in [3.05, 3.63) is 52.0 Å². The number of carbonyl (C=O) groups is 1. The molecule has 0 N–H and O–H groups in total. The van der Waals surface area contributed by atoms with Gasteiger partial charge in [0.15, 0.2) is 5.78 Å². The first kappa shape index (κ1) is 12.0. The minimum atomic E-state index is -0.361. The van der Waals surface area contributed by atoms with E-state index in [2.05, 4.69) is 21.0 Å². The summed E-state index contributed by atoms with van der Waals surface area (Å²) in [6.45, 7) is 0. The van der Waals surface area contributed by atoms with Gasteiger partial charge in [-0.3, -0.25) is 9.48 Å². The Labute approximate surface area is 106 Å². The maximum atomic E-state index is 13.3. The number of rotatable bonds is 3. The molecule has 0 unspecified atom stereocenters. The van der Waals surface area contributed by atoms with Gasteiger partial charge in [0.1, 0.15) is 11.5 Å². The molecule has 0 bridgehead atoms. The van der Waals surface area contributed by atoms with Gasteiger partial charge in [0.25, 0.3) is 0 Å². The van der Waals surface area contributed by atoms with Gasteiger partial charge in [0.2, 0.25) is 0 Å². The molecule has 0 atom stereocenters. The van der Waals surface area contributed by atoms with E-state index in [1.165, 1.54) is 10.7 Å². The van der Waals surface area contributed by atoms with Crippen LogP contribution < -0.4 is 0 Å². The monoisotopic (exact) mass is 296 g/mol. The lowest BCUT2D eigenvalue weighted by molar-refractivity contribution is 0.0984. The number of hydrogen-bond acceptors (Lipinski definition) is 2. The fourth-order valence-corrected chi connectivity index (χ4v) is 2.00. The highest BCUT2D eigenvalue weighted by molar-refractivity contribution is 9.10. The summed E-state index contributed by atoms with van der Waals surface area (Å²) in [6, 6.07) is 6.31. The maximum absolute atomic E-state index is 13.3. The lowest BCUT2D eigenvalue weighted by Gasteiger charge is -2.05. The second-order valence-electron chi connectivity index (χ2n) is 3.65. The first-order chi connectivity index (χ1) is 8.09. The molecule has 5 heteroatoms. The van der Waals surface area contributed by atoms with Crippen molar-refractivity contribution in [2.24, 2.45) is 7.05 Å². The van der Waals surface area contributed by atoms with Crippen molar-refractivity contribution in [2.45, 2.75) is 6.42 Å². The van der Waals surface area contributed by atoms with Crippen LogP contribution in [0, 0.1) is 5.82 Å². The highest BCUT2D eigenvalue weighted by Crippen LogP contribution is 2.21. The predicted molar refractivity (Wildman–Crippen MR) is 65.3 cm³/mol. The molecule has 0 spiro atoms. The van der Waals surface area contributed by atoms with Gasteiger partial charge in [-0.2, -0.15) is 5.10 Å². The number of hydrogen-bond donors (Lipinski definition) is 0. The summed E-state index contributed by atoms with van der Waals surface area (Å²) < 4.78 is 15.1. The molecule has 3 nitrogen and oxygen atoms in total. The molecule has 1 heterocycles. The van der Waals surface area contributed by atoms with Crippen molar-refractivity contribution in [1.29, 1.82) is 0 Å². The minimum absolute atomic E-state index is 0.0868. The molecule has 2 rings (SSSR count). The van der Waals surface area contributed by atoms with Gasteiger partial charge in [-0.25, -0.2) is 4.39 Å². The lowest BCUT2D eigenvalue weighted by atomic mass is 10.1. The molecule has 17 heavy (non-hydrogen) atoms. The molecule has 88 valence electrons. The number of nitrogens with zero attached hydrogens (tertiary/aromatic N) is 2. The van der Waals surface area contributed by atoms with Gasteiger partial charge < -0.3 is 0 Å². The number of halogens is 2. The molecule has 0 radical (unpaired) electrons. The molecule has 0 saturated heterocycles. The van der Waals surface area contributed by atoms with Gasteiger partial charge in [-0.1, -0.05) is 12.1 Å². The molecular weight excluding hydrogens is 287 g/mol. The number of aryl methyl sites for hydroxylation is 1. The number of benzene rings is 1. The quantitative estimate of drug-likeness (QED) is 0.817. The Hall–Kier alpha value is -1.49. The van der Waals surface area contributed by atoms with E-state index in [0.29, 0.717) is 15.7 Å². The van der Waals surface area contributed by atoms with E-state index in [1.54, 1.807) is 31.4 Å². The Morgan fingerprint density at radius 3 is 2.88 bits per heavy atom. The smallest absolute Gasteiger partial charge is 0.185 e. The van der Waals surface area contributed by atoms with Crippen LogP contribution >= 0.6 is 15.9 Å². The predicted octanol–water partition coefficient (Wildman–Crippen LogP) is 2.75. The topological polar surface area (TPSA) is 34.9 Å². The highest BCUT2D eigenvalue weighted by atomic mass is 79.9. The van der Waals surface area contributed by atoms with Crippen LogP contribution in [0.3, 0.4) is 0 Å². The van der Waals surface area contributed by atoms with Crippen LogP contribution in [0.4, 0.5) is 4.39 Å². The number of Topliss-reactive ketones (excluding diaryl/α,β-unsaturated/α-hetero) is 1. The van der Waals surface area contributed by atoms with Crippen molar-refractivity contribution in [3.8, 4) is 0 Å². The van der Waals surface area contributed by atoms with Gasteiger partial charge in [0, 0.05) is 19.7 Å². The van der Waals surface area contributed by atoms with Gasteiger partial charge >= 0.3 is 0 Å². The molecule has 0 saturated carbocycles. The summed E-state index contributed by atoms with van der Waals surface area (Å²) >= 11 is 3.14. The van der Waals surface area contributed by atoms with Gasteiger partial charge in [-0.05, 0) is 33.6 Å². The zero-order valence-corrected chi connectivity index (χ0v) is 10.7. The number of carbonyl (C=O) groups excluding carboxylic acids is 1. The molecular formula is C12H10BrFN2O. The Bertz CT molecular complexity index is 565. The fourth-order valence-electron chi connectivity index (χ4n) is 1.60. The second-order valence-corrected chi connectivity index (χ2v) is 4.45. The standard InChI is InChI=1S/C12H10BrFN2O/c1-16-10(5-6-15-16)11(17)7-8-3-2-4-9(14)12(8)13/h2-6H,7H2,1H3. The van der Waals surface area contributed by atoms with E-state index in [9.17, 15) is 9.18 Å². The minimum Gasteiger partial charge on any atom is -0.292 e. The summed E-state index contributed by atoms with van der Waals surface area (Å²) in [5, 5.41) is 3.93. The van der Waals surface area contributed by atoms with Crippen LogP contribution in [0.5, 0.6) is 0 Å². The average Bonchev–Trinajstić information content (AvgIpc) is 2.71. The number of aromatic nitrogens is 2. The van der Waals surface area contributed by atoms with E-state index in [0.717, 1.165) is 0 Å². The normalized spacial score (nSPS) is 10.5. The van der Waals surface area contributed by atoms with Crippen molar-refractivity contribution in [2.75, 3.05) is 0 Å². The molecule has 0 aliphatic carbocycles. The van der Waals surface area contributed by atoms with Crippen LogP contribution in [0.1, 0.15) is 16.1 Å². The lowest BCUT2D eigenvalue weighted by Crippen LogP contribution is -2.10. The molecule has 2 aromatic rings. The third-order valence-corrected chi connectivity index (χ3v) is 3.38. The molecule has 1 aromatic heterocycles. The summed E-state index contributed by atoms with van der Waals surface area (Å²) in [5.74, 6) is -0.448. The SMILES string of the molecule is Cn1nccc1C(=O)Cc1cccc(F)c1Br.